The van der Waals surface area contributed by atoms with Crippen molar-refractivity contribution in [1.82, 2.24) is 5.32 Å². The van der Waals surface area contributed by atoms with Crippen LogP contribution in [0.5, 0.6) is 0 Å². The van der Waals surface area contributed by atoms with Crippen LogP contribution < -0.4 is 5.32 Å². The molecule has 1 aliphatic rings. The first-order valence-electron chi connectivity index (χ1n) is 6.93. The van der Waals surface area contributed by atoms with Crippen molar-refractivity contribution in [2.75, 3.05) is 0 Å². The van der Waals surface area contributed by atoms with Crippen LogP contribution >= 0.6 is 0 Å². The van der Waals surface area contributed by atoms with Crippen LogP contribution in [0, 0.1) is 5.41 Å². The van der Waals surface area contributed by atoms with Crippen LogP contribution in [0.3, 0.4) is 0 Å². The number of carboxylic acid groups (broad SMARTS) is 1. The number of nitrogens with one attached hydrogen (secondary N) is 1. The molecule has 3 nitrogen and oxygen atoms in total. The van der Waals surface area contributed by atoms with Gasteiger partial charge < -0.3 is 10.4 Å². The molecule has 17 heavy (non-hydrogen) atoms. The van der Waals surface area contributed by atoms with E-state index in [4.69, 9.17) is 0 Å². The minimum Gasteiger partial charge on any atom is -0.480 e. The summed E-state index contributed by atoms with van der Waals surface area (Å²) in [7, 11) is 0. The molecule has 1 aliphatic carbocycles. The van der Waals surface area contributed by atoms with E-state index in [1.165, 1.54) is 12.8 Å². The lowest BCUT2D eigenvalue weighted by Crippen LogP contribution is -2.46. The van der Waals surface area contributed by atoms with E-state index in [2.05, 4.69) is 26.1 Å². The van der Waals surface area contributed by atoms with Crippen LogP contribution in [0.1, 0.15) is 65.7 Å². The SMILES string of the molecule is CCCCC(NC1CCCC(C)(C)C1)C(=O)O. The maximum Gasteiger partial charge on any atom is 0.320 e. The largest absolute Gasteiger partial charge is 0.480 e. The molecule has 2 N–H and O–H groups in total. The second-order valence-corrected chi connectivity index (χ2v) is 6.16. The molecule has 1 rings (SSSR count). The van der Waals surface area contributed by atoms with E-state index in [-0.39, 0.29) is 6.04 Å². The Balaban J connectivity index is 2.46. The van der Waals surface area contributed by atoms with Crippen LogP contribution in [0.2, 0.25) is 0 Å². The molecule has 2 atom stereocenters. The van der Waals surface area contributed by atoms with E-state index < -0.39 is 5.97 Å². The molecular weight excluding hydrogens is 214 g/mol. The molecule has 2 unspecified atom stereocenters. The van der Waals surface area contributed by atoms with Crippen LogP contribution in [-0.2, 0) is 4.79 Å². The number of hydrogen-bond donors (Lipinski definition) is 2. The third kappa shape index (κ3) is 5.07. The van der Waals surface area contributed by atoms with Crippen molar-refractivity contribution < 1.29 is 9.90 Å². The van der Waals surface area contributed by atoms with E-state index in [9.17, 15) is 9.90 Å². The summed E-state index contributed by atoms with van der Waals surface area (Å²) in [6.45, 7) is 6.66. The molecule has 0 aliphatic heterocycles. The normalized spacial score (nSPS) is 25.5. The summed E-state index contributed by atoms with van der Waals surface area (Å²) in [4.78, 5) is 11.2. The molecule has 1 saturated carbocycles. The lowest BCUT2D eigenvalue weighted by molar-refractivity contribution is -0.140. The lowest BCUT2D eigenvalue weighted by Gasteiger charge is -2.37. The van der Waals surface area contributed by atoms with Crippen molar-refractivity contribution in [1.29, 1.82) is 0 Å². The Kier molecular flexibility index (Phi) is 5.44. The number of rotatable bonds is 6. The number of hydrogen-bond acceptors (Lipinski definition) is 2. The molecular formula is C14H27NO2. The molecule has 0 spiro atoms. The Morgan fingerprint density at radius 2 is 2.24 bits per heavy atom. The van der Waals surface area contributed by atoms with Gasteiger partial charge in [0.2, 0.25) is 0 Å². The van der Waals surface area contributed by atoms with Gasteiger partial charge in [-0.15, -0.1) is 0 Å². The van der Waals surface area contributed by atoms with Crippen LogP contribution in [-0.4, -0.2) is 23.2 Å². The van der Waals surface area contributed by atoms with Gasteiger partial charge in [-0.05, 0) is 31.1 Å². The van der Waals surface area contributed by atoms with Crippen molar-refractivity contribution in [2.45, 2.75) is 77.8 Å². The minimum absolute atomic E-state index is 0.353. The fraction of sp³-hybridized carbons (Fsp3) is 0.929. The van der Waals surface area contributed by atoms with Gasteiger partial charge in [-0.25, -0.2) is 0 Å². The zero-order valence-corrected chi connectivity index (χ0v) is 11.5. The summed E-state index contributed by atoms with van der Waals surface area (Å²) < 4.78 is 0. The third-order valence-corrected chi connectivity index (χ3v) is 3.79. The van der Waals surface area contributed by atoms with Crippen molar-refractivity contribution in [2.24, 2.45) is 5.41 Å². The predicted octanol–water partition coefficient (Wildman–Crippen LogP) is 3.19. The van der Waals surface area contributed by atoms with E-state index in [0.717, 1.165) is 32.1 Å². The lowest BCUT2D eigenvalue weighted by atomic mass is 9.75. The molecule has 0 heterocycles. The summed E-state index contributed by atoms with van der Waals surface area (Å²) in [5.74, 6) is -0.693. The van der Waals surface area contributed by atoms with Gasteiger partial charge in [0, 0.05) is 6.04 Å². The first-order chi connectivity index (χ1) is 7.94. The van der Waals surface area contributed by atoms with Gasteiger partial charge in [0.15, 0.2) is 0 Å². The molecule has 3 heteroatoms. The minimum atomic E-state index is -0.693. The zero-order chi connectivity index (χ0) is 12.9. The molecule has 0 radical (unpaired) electrons. The van der Waals surface area contributed by atoms with Gasteiger partial charge in [0.05, 0.1) is 0 Å². The van der Waals surface area contributed by atoms with Crippen LogP contribution in [0.25, 0.3) is 0 Å². The van der Waals surface area contributed by atoms with Gasteiger partial charge in [-0.3, -0.25) is 4.79 Å². The van der Waals surface area contributed by atoms with Gasteiger partial charge >= 0.3 is 5.97 Å². The Labute approximate surface area is 105 Å². The molecule has 1 fully saturated rings. The standard InChI is InChI=1S/C14H27NO2/c1-4-5-8-12(13(16)17)15-11-7-6-9-14(2,3)10-11/h11-12,15H,4-10H2,1-3H3,(H,16,17). The molecule has 0 saturated heterocycles. The summed E-state index contributed by atoms with van der Waals surface area (Å²) in [5, 5.41) is 12.5. The van der Waals surface area contributed by atoms with Crippen molar-refractivity contribution >= 4 is 5.97 Å². The Morgan fingerprint density at radius 1 is 1.53 bits per heavy atom. The number of unbranched alkanes of at least 4 members (excludes halogenated alkanes) is 1. The first kappa shape index (κ1) is 14.5. The van der Waals surface area contributed by atoms with Crippen molar-refractivity contribution in [3.8, 4) is 0 Å². The topological polar surface area (TPSA) is 49.3 Å². The number of carbonyl (C=O) groups is 1. The van der Waals surface area contributed by atoms with Gasteiger partial charge in [0.25, 0.3) is 0 Å². The van der Waals surface area contributed by atoms with E-state index >= 15 is 0 Å². The number of carboxylic acids is 1. The van der Waals surface area contributed by atoms with E-state index in [1.54, 1.807) is 0 Å². The fourth-order valence-corrected chi connectivity index (χ4v) is 2.81. The van der Waals surface area contributed by atoms with Crippen molar-refractivity contribution in [3.05, 3.63) is 0 Å². The molecule has 0 aromatic rings. The third-order valence-electron chi connectivity index (χ3n) is 3.79. The smallest absolute Gasteiger partial charge is 0.320 e. The van der Waals surface area contributed by atoms with Crippen molar-refractivity contribution in [3.63, 3.8) is 0 Å². The fourth-order valence-electron chi connectivity index (χ4n) is 2.81. The Bertz CT molecular complexity index is 251. The highest BCUT2D eigenvalue weighted by Gasteiger charge is 2.30. The summed E-state index contributed by atoms with van der Waals surface area (Å²) in [6, 6.07) is 0.0329. The highest BCUT2D eigenvalue weighted by atomic mass is 16.4. The van der Waals surface area contributed by atoms with Gasteiger partial charge in [-0.1, -0.05) is 40.0 Å². The summed E-state index contributed by atoms with van der Waals surface area (Å²) in [6.07, 6.45) is 7.50. The number of aliphatic carboxylic acids is 1. The molecule has 100 valence electrons. The highest BCUT2D eigenvalue weighted by Crippen LogP contribution is 2.35. The van der Waals surface area contributed by atoms with Gasteiger partial charge in [-0.2, -0.15) is 0 Å². The maximum absolute atomic E-state index is 11.2. The zero-order valence-electron chi connectivity index (χ0n) is 11.5. The highest BCUT2D eigenvalue weighted by molar-refractivity contribution is 5.73. The van der Waals surface area contributed by atoms with Crippen LogP contribution in [0.4, 0.5) is 0 Å². The Morgan fingerprint density at radius 3 is 2.76 bits per heavy atom. The predicted molar refractivity (Wildman–Crippen MR) is 70.1 cm³/mol. The summed E-state index contributed by atoms with van der Waals surface area (Å²) >= 11 is 0. The molecule has 0 aromatic carbocycles. The van der Waals surface area contributed by atoms with E-state index in [1.807, 2.05) is 0 Å². The van der Waals surface area contributed by atoms with Crippen LogP contribution in [0.15, 0.2) is 0 Å². The average molecular weight is 241 g/mol. The first-order valence-corrected chi connectivity index (χ1v) is 6.93. The quantitative estimate of drug-likeness (QED) is 0.751. The second-order valence-electron chi connectivity index (χ2n) is 6.16. The Hall–Kier alpha value is -0.570. The average Bonchev–Trinajstić information content (AvgIpc) is 2.22. The molecule has 0 amide bonds. The van der Waals surface area contributed by atoms with E-state index in [0.29, 0.717) is 11.5 Å². The monoisotopic (exact) mass is 241 g/mol. The molecule has 0 aromatic heterocycles. The maximum atomic E-state index is 11.2. The summed E-state index contributed by atoms with van der Waals surface area (Å²) in [5.41, 5.74) is 0.365. The second kappa shape index (κ2) is 6.39. The molecule has 0 bridgehead atoms. The van der Waals surface area contributed by atoms with Gasteiger partial charge in [0.1, 0.15) is 6.04 Å².